The smallest absolute Gasteiger partial charge is 0.0448 e. The average Bonchev–Trinajstić information content (AvgIpc) is 2.35. The molecule has 1 aliphatic rings. The molecule has 0 saturated carbocycles. The molecule has 1 atom stereocenters. The standard InChI is InChI=1S/C10H16OS/c1-9(2)4-3-5-10-6-7-12(11)8-10/h4,6H,3,5,7-8H2,1-2H3. The summed E-state index contributed by atoms with van der Waals surface area (Å²) >= 11 is 0. The van der Waals surface area contributed by atoms with Gasteiger partial charge < -0.3 is 0 Å². The second-order valence-corrected chi connectivity index (χ2v) is 4.94. The molecule has 0 saturated heterocycles. The average molecular weight is 184 g/mol. The molecular weight excluding hydrogens is 168 g/mol. The van der Waals surface area contributed by atoms with Crippen LogP contribution in [0.5, 0.6) is 0 Å². The third-order valence-electron chi connectivity index (χ3n) is 1.92. The summed E-state index contributed by atoms with van der Waals surface area (Å²) in [6.45, 7) is 4.22. The van der Waals surface area contributed by atoms with E-state index >= 15 is 0 Å². The van der Waals surface area contributed by atoms with Gasteiger partial charge in [-0.05, 0) is 26.7 Å². The van der Waals surface area contributed by atoms with E-state index in [-0.39, 0.29) is 0 Å². The zero-order chi connectivity index (χ0) is 8.97. The highest BCUT2D eigenvalue weighted by Crippen LogP contribution is 2.14. The molecule has 1 rings (SSSR count). The fourth-order valence-corrected chi connectivity index (χ4v) is 2.47. The van der Waals surface area contributed by atoms with Crippen molar-refractivity contribution in [3.63, 3.8) is 0 Å². The van der Waals surface area contributed by atoms with Crippen LogP contribution in [0.2, 0.25) is 0 Å². The van der Waals surface area contributed by atoms with E-state index in [1.54, 1.807) is 0 Å². The summed E-state index contributed by atoms with van der Waals surface area (Å²) in [5.41, 5.74) is 2.75. The topological polar surface area (TPSA) is 17.1 Å². The molecule has 0 N–H and O–H groups in total. The van der Waals surface area contributed by atoms with Crippen LogP contribution in [0.4, 0.5) is 0 Å². The maximum Gasteiger partial charge on any atom is 0.0448 e. The lowest BCUT2D eigenvalue weighted by Gasteiger charge is -1.96. The van der Waals surface area contributed by atoms with Crippen LogP contribution in [0.1, 0.15) is 26.7 Å². The summed E-state index contributed by atoms with van der Waals surface area (Å²) in [7, 11) is -0.580. The van der Waals surface area contributed by atoms with Crippen molar-refractivity contribution in [2.75, 3.05) is 11.5 Å². The summed E-state index contributed by atoms with van der Waals surface area (Å²) < 4.78 is 11.0. The van der Waals surface area contributed by atoms with Gasteiger partial charge >= 0.3 is 0 Å². The normalized spacial score (nSPS) is 22.2. The van der Waals surface area contributed by atoms with Gasteiger partial charge in [-0.3, -0.25) is 4.21 Å². The molecule has 1 nitrogen and oxygen atoms in total. The summed E-state index contributed by atoms with van der Waals surface area (Å²) in [6.07, 6.45) is 6.57. The molecule has 12 heavy (non-hydrogen) atoms. The van der Waals surface area contributed by atoms with Crippen molar-refractivity contribution in [3.05, 3.63) is 23.3 Å². The molecule has 0 fully saturated rings. The van der Waals surface area contributed by atoms with E-state index in [9.17, 15) is 4.21 Å². The molecule has 0 radical (unpaired) electrons. The fourth-order valence-electron chi connectivity index (χ4n) is 1.26. The van der Waals surface area contributed by atoms with Gasteiger partial charge in [0.1, 0.15) is 0 Å². The van der Waals surface area contributed by atoms with Gasteiger partial charge in [0.25, 0.3) is 0 Å². The number of hydrogen-bond donors (Lipinski definition) is 0. The third-order valence-corrected chi connectivity index (χ3v) is 3.15. The Labute approximate surface area is 77.0 Å². The van der Waals surface area contributed by atoms with Crippen molar-refractivity contribution in [2.45, 2.75) is 26.7 Å². The van der Waals surface area contributed by atoms with Crippen LogP contribution in [-0.2, 0) is 10.8 Å². The Morgan fingerprint density at radius 3 is 2.92 bits per heavy atom. The SMILES string of the molecule is CC(C)=CCCC1=CCS(=O)C1. The van der Waals surface area contributed by atoms with Crippen molar-refractivity contribution < 1.29 is 4.21 Å². The quantitative estimate of drug-likeness (QED) is 0.616. The molecule has 1 unspecified atom stereocenters. The monoisotopic (exact) mass is 184 g/mol. The van der Waals surface area contributed by atoms with Crippen LogP contribution < -0.4 is 0 Å². The molecule has 0 bridgehead atoms. The Hall–Kier alpha value is -0.370. The van der Waals surface area contributed by atoms with Gasteiger partial charge in [0.2, 0.25) is 0 Å². The van der Waals surface area contributed by atoms with Gasteiger partial charge in [-0.2, -0.15) is 0 Å². The van der Waals surface area contributed by atoms with E-state index in [1.165, 1.54) is 11.1 Å². The second kappa shape index (κ2) is 4.61. The Kier molecular flexibility index (Phi) is 3.73. The number of hydrogen-bond acceptors (Lipinski definition) is 1. The van der Waals surface area contributed by atoms with Crippen molar-refractivity contribution in [3.8, 4) is 0 Å². The van der Waals surface area contributed by atoms with Crippen molar-refractivity contribution in [2.24, 2.45) is 0 Å². The molecule has 0 amide bonds. The zero-order valence-electron chi connectivity index (χ0n) is 7.80. The fraction of sp³-hybridized carbons (Fsp3) is 0.600. The van der Waals surface area contributed by atoms with Crippen LogP contribution >= 0.6 is 0 Å². The van der Waals surface area contributed by atoms with Gasteiger partial charge in [-0.1, -0.05) is 23.3 Å². The van der Waals surface area contributed by atoms with Crippen LogP contribution in [-0.4, -0.2) is 15.7 Å². The number of allylic oxidation sites excluding steroid dienone is 2. The lowest BCUT2D eigenvalue weighted by Crippen LogP contribution is -1.92. The zero-order valence-corrected chi connectivity index (χ0v) is 8.62. The lowest BCUT2D eigenvalue weighted by molar-refractivity contribution is 0.687. The molecular formula is C10H16OS. The van der Waals surface area contributed by atoms with Crippen LogP contribution in [0.25, 0.3) is 0 Å². The molecule has 0 aromatic rings. The van der Waals surface area contributed by atoms with E-state index in [0.717, 1.165) is 24.3 Å². The highest BCUT2D eigenvalue weighted by Gasteiger charge is 2.09. The minimum Gasteiger partial charge on any atom is -0.259 e. The first-order chi connectivity index (χ1) is 5.68. The first-order valence-corrected chi connectivity index (χ1v) is 5.83. The summed E-state index contributed by atoms with van der Waals surface area (Å²) in [6, 6.07) is 0. The Bertz CT molecular complexity index is 234. The molecule has 0 aromatic heterocycles. The van der Waals surface area contributed by atoms with E-state index < -0.39 is 10.8 Å². The molecule has 2 heteroatoms. The molecule has 0 aromatic carbocycles. The maximum absolute atomic E-state index is 11.0. The molecule has 0 spiro atoms. The van der Waals surface area contributed by atoms with E-state index in [0.29, 0.717) is 0 Å². The minimum absolute atomic E-state index is 0.580. The van der Waals surface area contributed by atoms with Crippen molar-refractivity contribution >= 4 is 10.8 Å². The van der Waals surface area contributed by atoms with E-state index in [2.05, 4.69) is 26.0 Å². The predicted molar refractivity (Wildman–Crippen MR) is 54.6 cm³/mol. The molecule has 1 heterocycles. The lowest BCUT2D eigenvalue weighted by atomic mass is 10.1. The Morgan fingerprint density at radius 1 is 1.67 bits per heavy atom. The minimum atomic E-state index is -0.580. The highest BCUT2D eigenvalue weighted by molar-refractivity contribution is 7.85. The molecule has 68 valence electrons. The van der Waals surface area contributed by atoms with E-state index in [4.69, 9.17) is 0 Å². The second-order valence-electron chi connectivity index (χ2n) is 3.43. The summed E-state index contributed by atoms with van der Waals surface area (Å²) in [4.78, 5) is 0. The van der Waals surface area contributed by atoms with Gasteiger partial charge in [0, 0.05) is 22.3 Å². The van der Waals surface area contributed by atoms with Crippen LogP contribution in [0, 0.1) is 0 Å². The van der Waals surface area contributed by atoms with Gasteiger partial charge in [0.05, 0.1) is 0 Å². The third kappa shape index (κ3) is 3.35. The maximum atomic E-state index is 11.0. The predicted octanol–water partition coefficient (Wildman–Crippen LogP) is 2.42. The Morgan fingerprint density at radius 2 is 2.42 bits per heavy atom. The summed E-state index contributed by atoms with van der Waals surface area (Å²) in [5.74, 6) is 1.60. The van der Waals surface area contributed by atoms with Gasteiger partial charge in [-0.25, -0.2) is 0 Å². The molecule has 1 aliphatic heterocycles. The molecule has 0 aliphatic carbocycles. The Balaban J connectivity index is 2.25. The first-order valence-electron chi connectivity index (χ1n) is 4.34. The summed E-state index contributed by atoms with van der Waals surface area (Å²) in [5, 5.41) is 0. The van der Waals surface area contributed by atoms with Crippen LogP contribution in [0.15, 0.2) is 23.3 Å². The van der Waals surface area contributed by atoms with Gasteiger partial charge in [0.15, 0.2) is 0 Å². The van der Waals surface area contributed by atoms with E-state index in [1.807, 2.05) is 0 Å². The van der Waals surface area contributed by atoms with Gasteiger partial charge in [-0.15, -0.1) is 0 Å². The first kappa shape index (κ1) is 9.72. The largest absolute Gasteiger partial charge is 0.259 e. The highest BCUT2D eigenvalue weighted by atomic mass is 32.2. The van der Waals surface area contributed by atoms with Crippen molar-refractivity contribution in [1.82, 2.24) is 0 Å². The van der Waals surface area contributed by atoms with Crippen molar-refractivity contribution in [1.29, 1.82) is 0 Å². The van der Waals surface area contributed by atoms with Crippen LogP contribution in [0.3, 0.4) is 0 Å². The number of rotatable bonds is 3.